The van der Waals surface area contributed by atoms with Gasteiger partial charge in [-0.3, -0.25) is 0 Å². The first-order chi connectivity index (χ1) is 11.3. The molecule has 1 aliphatic rings. The first-order valence-corrected chi connectivity index (χ1v) is 7.89. The first kappa shape index (κ1) is 13.9. The largest absolute Gasteiger partial charge is 0.365 e. The van der Waals surface area contributed by atoms with Crippen molar-refractivity contribution in [1.29, 1.82) is 0 Å². The number of anilines is 2. The molecule has 0 radical (unpaired) electrons. The zero-order chi connectivity index (χ0) is 15.6. The van der Waals surface area contributed by atoms with E-state index in [0.717, 1.165) is 54.3 Å². The summed E-state index contributed by atoms with van der Waals surface area (Å²) in [7, 11) is 0. The second-order valence-corrected chi connectivity index (χ2v) is 5.92. The number of piperidine rings is 1. The molecular weight excluding hydrogens is 290 g/mol. The second-order valence-electron chi connectivity index (χ2n) is 5.92. The van der Waals surface area contributed by atoms with Crippen molar-refractivity contribution in [2.75, 3.05) is 23.3 Å². The molecule has 7 nitrogen and oxygen atoms in total. The highest BCUT2D eigenvalue weighted by molar-refractivity contribution is 5.86. The molecule has 7 heteroatoms. The van der Waals surface area contributed by atoms with Gasteiger partial charge in [0.25, 0.3) is 0 Å². The average Bonchev–Trinajstić information content (AvgIpc) is 3.06. The van der Waals surface area contributed by atoms with E-state index in [1.165, 1.54) is 0 Å². The predicted octanol–water partition coefficient (Wildman–Crippen LogP) is 2.14. The standard InChI is InChI=1S/C16H19N7/c1-11-4-5-14(22-21-11)23-8-2-3-12(9-23)20-16-13-6-7-17-15(13)18-10-19-16/h4-7,10,12H,2-3,8-9H2,1H3,(H2,17,18,19,20). The number of aryl methyl sites for hydroxylation is 1. The molecule has 4 rings (SSSR count). The molecule has 0 saturated carbocycles. The molecule has 0 spiro atoms. The number of hydrogen-bond acceptors (Lipinski definition) is 6. The molecule has 1 aliphatic heterocycles. The van der Waals surface area contributed by atoms with Gasteiger partial charge in [-0.2, -0.15) is 5.10 Å². The van der Waals surface area contributed by atoms with Crippen molar-refractivity contribution < 1.29 is 0 Å². The maximum absolute atomic E-state index is 4.39. The molecule has 0 bridgehead atoms. The van der Waals surface area contributed by atoms with Crippen LogP contribution < -0.4 is 10.2 Å². The summed E-state index contributed by atoms with van der Waals surface area (Å²) in [6.45, 7) is 3.86. The lowest BCUT2D eigenvalue weighted by molar-refractivity contribution is 0.524. The number of hydrogen-bond donors (Lipinski definition) is 2. The molecular formula is C16H19N7. The fourth-order valence-electron chi connectivity index (χ4n) is 3.04. The lowest BCUT2D eigenvalue weighted by Gasteiger charge is -2.34. The minimum absolute atomic E-state index is 0.333. The normalized spacial score (nSPS) is 18.3. The van der Waals surface area contributed by atoms with Crippen LogP contribution in [-0.4, -0.2) is 44.3 Å². The van der Waals surface area contributed by atoms with Crippen LogP contribution >= 0.6 is 0 Å². The molecule has 0 aromatic carbocycles. The van der Waals surface area contributed by atoms with Gasteiger partial charge in [0.2, 0.25) is 0 Å². The molecule has 0 aliphatic carbocycles. The van der Waals surface area contributed by atoms with Gasteiger partial charge in [0.05, 0.1) is 11.1 Å². The third kappa shape index (κ3) is 2.81. The molecule has 1 unspecified atom stereocenters. The smallest absolute Gasteiger partial charge is 0.151 e. The van der Waals surface area contributed by atoms with Crippen LogP contribution in [-0.2, 0) is 0 Å². The van der Waals surface area contributed by atoms with Gasteiger partial charge in [0, 0.05) is 25.3 Å². The summed E-state index contributed by atoms with van der Waals surface area (Å²) in [5.41, 5.74) is 1.80. The summed E-state index contributed by atoms with van der Waals surface area (Å²) in [5, 5.41) is 13.1. The fourth-order valence-corrected chi connectivity index (χ4v) is 3.04. The maximum atomic E-state index is 4.39. The Morgan fingerprint density at radius 3 is 3.04 bits per heavy atom. The summed E-state index contributed by atoms with van der Waals surface area (Å²) in [4.78, 5) is 14.0. The van der Waals surface area contributed by atoms with Crippen molar-refractivity contribution in [2.24, 2.45) is 0 Å². The summed E-state index contributed by atoms with van der Waals surface area (Å²) < 4.78 is 0. The number of rotatable bonds is 3. The number of aromatic nitrogens is 5. The lowest BCUT2D eigenvalue weighted by Crippen LogP contribution is -2.42. The van der Waals surface area contributed by atoms with E-state index in [9.17, 15) is 0 Å². The Bertz CT molecular complexity index is 796. The molecule has 4 heterocycles. The molecule has 1 saturated heterocycles. The minimum atomic E-state index is 0.333. The zero-order valence-corrected chi connectivity index (χ0v) is 13.0. The van der Waals surface area contributed by atoms with Crippen molar-refractivity contribution >= 4 is 22.7 Å². The van der Waals surface area contributed by atoms with Crippen molar-refractivity contribution in [3.05, 3.63) is 36.4 Å². The average molecular weight is 309 g/mol. The van der Waals surface area contributed by atoms with Crippen LogP contribution in [0.1, 0.15) is 18.5 Å². The van der Waals surface area contributed by atoms with Crippen LogP contribution in [0, 0.1) is 6.92 Å². The van der Waals surface area contributed by atoms with E-state index in [0.29, 0.717) is 6.04 Å². The van der Waals surface area contributed by atoms with Gasteiger partial charge in [-0.05, 0) is 38.0 Å². The van der Waals surface area contributed by atoms with Crippen LogP contribution in [0.25, 0.3) is 11.0 Å². The van der Waals surface area contributed by atoms with Gasteiger partial charge in [0.15, 0.2) is 5.82 Å². The van der Waals surface area contributed by atoms with E-state index in [1.807, 2.05) is 31.3 Å². The van der Waals surface area contributed by atoms with Crippen molar-refractivity contribution in [2.45, 2.75) is 25.8 Å². The van der Waals surface area contributed by atoms with Crippen LogP contribution in [0.5, 0.6) is 0 Å². The Kier molecular flexibility index (Phi) is 3.53. The van der Waals surface area contributed by atoms with E-state index >= 15 is 0 Å². The van der Waals surface area contributed by atoms with Crippen LogP contribution in [0.4, 0.5) is 11.6 Å². The van der Waals surface area contributed by atoms with E-state index < -0.39 is 0 Å². The quantitative estimate of drug-likeness (QED) is 0.771. The highest BCUT2D eigenvalue weighted by atomic mass is 15.3. The Morgan fingerprint density at radius 2 is 2.17 bits per heavy atom. The Balaban J connectivity index is 1.51. The van der Waals surface area contributed by atoms with Crippen molar-refractivity contribution in [3.63, 3.8) is 0 Å². The van der Waals surface area contributed by atoms with Gasteiger partial charge in [-0.25, -0.2) is 9.97 Å². The monoisotopic (exact) mass is 309 g/mol. The number of fused-ring (bicyclic) bond motifs is 1. The Morgan fingerprint density at radius 1 is 1.22 bits per heavy atom. The number of H-pyrrole nitrogens is 1. The number of nitrogens with one attached hydrogen (secondary N) is 2. The van der Waals surface area contributed by atoms with E-state index in [-0.39, 0.29) is 0 Å². The topological polar surface area (TPSA) is 82.6 Å². The maximum Gasteiger partial charge on any atom is 0.151 e. The molecule has 3 aromatic rings. The van der Waals surface area contributed by atoms with E-state index in [2.05, 4.69) is 35.4 Å². The Hall–Kier alpha value is -2.70. The van der Waals surface area contributed by atoms with Crippen LogP contribution in [0.3, 0.4) is 0 Å². The third-order valence-corrected chi connectivity index (χ3v) is 4.22. The van der Waals surface area contributed by atoms with Gasteiger partial charge in [-0.1, -0.05) is 0 Å². The zero-order valence-electron chi connectivity index (χ0n) is 13.0. The molecule has 1 atom stereocenters. The van der Waals surface area contributed by atoms with Crippen molar-refractivity contribution in [1.82, 2.24) is 25.1 Å². The summed E-state index contributed by atoms with van der Waals surface area (Å²) in [6, 6.07) is 6.39. The highest BCUT2D eigenvalue weighted by Crippen LogP contribution is 2.23. The Labute approximate surface area is 134 Å². The third-order valence-electron chi connectivity index (χ3n) is 4.22. The van der Waals surface area contributed by atoms with Crippen LogP contribution in [0.15, 0.2) is 30.7 Å². The number of nitrogens with zero attached hydrogens (tertiary/aromatic N) is 5. The molecule has 3 aromatic heterocycles. The highest BCUT2D eigenvalue weighted by Gasteiger charge is 2.22. The molecule has 0 amide bonds. The fraction of sp³-hybridized carbons (Fsp3) is 0.375. The van der Waals surface area contributed by atoms with Gasteiger partial charge in [-0.15, -0.1) is 5.10 Å². The van der Waals surface area contributed by atoms with Gasteiger partial charge < -0.3 is 15.2 Å². The summed E-state index contributed by atoms with van der Waals surface area (Å²) in [6.07, 6.45) is 5.72. The molecule has 2 N–H and O–H groups in total. The van der Waals surface area contributed by atoms with Crippen molar-refractivity contribution in [3.8, 4) is 0 Å². The minimum Gasteiger partial charge on any atom is -0.365 e. The SMILES string of the molecule is Cc1ccc(N2CCCC(Nc3ncnc4[nH]ccc34)C2)nn1. The molecule has 118 valence electrons. The number of aromatic amines is 1. The predicted molar refractivity (Wildman–Crippen MR) is 89.5 cm³/mol. The van der Waals surface area contributed by atoms with E-state index in [4.69, 9.17) is 0 Å². The second kappa shape index (κ2) is 5.83. The van der Waals surface area contributed by atoms with Gasteiger partial charge >= 0.3 is 0 Å². The lowest BCUT2D eigenvalue weighted by atomic mass is 10.1. The molecule has 23 heavy (non-hydrogen) atoms. The van der Waals surface area contributed by atoms with Crippen LogP contribution in [0.2, 0.25) is 0 Å². The first-order valence-electron chi connectivity index (χ1n) is 7.89. The summed E-state index contributed by atoms with van der Waals surface area (Å²) >= 11 is 0. The van der Waals surface area contributed by atoms with E-state index in [1.54, 1.807) is 6.33 Å². The van der Waals surface area contributed by atoms with Gasteiger partial charge in [0.1, 0.15) is 17.8 Å². The molecule has 1 fully saturated rings. The summed E-state index contributed by atoms with van der Waals surface area (Å²) in [5.74, 6) is 1.83.